The van der Waals surface area contributed by atoms with Gasteiger partial charge in [-0.2, -0.15) is 10.2 Å². The maximum Gasteiger partial charge on any atom is 0.355 e. The molecule has 7 nitrogen and oxygen atoms in total. The first-order valence-electron chi connectivity index (χ1n) is 6.62. The van der Waals surface area contributed by atoms with Gasteiger partial charge in [-0.3, -0.25) is 9.97 Å². The highest BCUT2D eigenvalue weighted by molar-refractivity contribution is 6.00. The van der Waals surface area contributed by atoms with Crippen molar-refractivity contribution in [2.75, 3.05) is 0 Å². The van der Waals surface area contributed by atoms with Crippen LogP contribution in [0.25, 0.3) is 0 Å². The molecule has 2 aromatic heterocycles. The number of hydrogen-bond donors (Lipinski definition) is 2. The van der Waals surface area contributed by atoms with Crippen LogP contribution in [0, 0.1) is 0 Å². The van der Waals surface area contributed by atoms with E-state index in [9.17, 15) is 4.79 Å². The molecule has 2 heterocycles. The van der Waals surface area contributed by atoms with Crippen molar-refractivity contribution >= 4 is 17.5 Å². The SMILES string of the molecule is C/C(=N\NC(=O)N/N=C(\C)c1ccncc1)c1ccncc1. The van der Waals surface area contributed by atoms with Gasteiger partial charge in [-0.1, -0.05) is 0 Å². The lowest BCUT2D eigenvalue weighted by molar-refractivity contribution is 0.242. The maximum absolute atomic E-state index is 11.7. The van der Waals surface area contributed by atoms with E-state index in [0.29, 0.717) is 11.4 Å². The zero-order valence-electron chi connectivity index (χ0n) is 12.3. The van der Waals surface area contributed by atoms with E-state index in [4.69, 9.17) is 0 Å². The molecule has 0 aliphatic carbocycles. The molecule has 0 unspecified atom stereocenters. The number of nitrogens with one attached hydrogen (secondary N) is 2. The molecule has 2 rings (SSSR count). The summed E-state index contributed by atoms with van der Waals surface area (Å²) in [6.07, 6.45) is 6.65. The van der Waals surface area contributed by atoms with Gasteiger partial charge < -0.3 is 0 Å². The Kier molecular flexibility index (Phi) is 5.31. The molecule has 0 saturated heterocycles. The number of pyridine rings is 2. The normalized spacial score (nSPS) is 11.9. The predicted octanol–water partition coefficient (Wildman–Crippen LogP) is 1.92. The summed E-state index contributed by atoms with van der Waals surface area (Å²) in [6, 6.07) is 6.73. The Labute approximate surface area is 128 Å². The van der Waals surface area contributed by atoms with Crippen LogP contribution in [0.15, 0.2) is 59.3 Å². The molecule has 0 aromatic carbocycles. The minimum atomic E-state index is -0.512. The van der Waals surface area contributed by atoms with Crippen LogP contribution in [-0.2, 0) is 0 Å². The summed E-state index contributed by atoms with van der Waals surface area (Å²) in [5.41, 5.74) is 7.88. The first-order chi connectivity index (χ1) is 10.7. The second-order valence-corrected chi connectivity index (χ2v) is 4.42. The highest BCUT2D eigenvalue weighted by atomic mass is 16.2. The summed E-state index contributed by atoms with van der Waals surface area (Å²) in [5.74, 6) is 0. The number of aromatic nitrogens is 2. The average Bonchev–Trinajstić information content (AvgIpc) is 2.59. The van der Waals surface area contributed by atoms with Crippen LogP contribution in [0.4, 0.5) is 4.79 Å². The number of nitrogens with zero attached hydrogens (tertiary/aromatic N) is 4. The smallest absolute Gasteiger partial charge is 0.265 e. The van der Waals surface area contributed by atoms with E-state index in [1.54, 1.807) is 38.6 Å². The molecule has 0 radical (unpaired) electrons. The second-order valence-electron chi connectivity index (χ2n) is 4.42. The summed E-state index contributed by atoms with van der Waals surface area (Å²) < 4.78 is 0. The van der Waals surface area contributed by atoms with Crippen molar-refractivity contribution in [3.8, 4) is 0 Å². The highest BCUT2D eigenvalue weighted by Gasteiger charge is 2.01. The van der Waals surface area contributed by atoms with Crippen LogP contribution in [0.5, 0.6) is 0 Å². The Morgan fingerprint density at radius 2 is 1.18 bits per heavy atom. The van der Waals surface area contributed by atoms with E-state index in [-0.39, 0.29) is 0 Å². The fraction of sp³-hybridized carbons (Fsp3) is 0.133. The summed E-state index contributed by atoms with van der Waals surface area (Å²) in [4.78, 5) is 19.5. The largest absolute Gasteiger partial charge is 0.355 e. The topological polar surface area (TPSA) is 91.6 Å². The van der Waals surface area contributed by atoms with Crippen LogP contribution in [0.1, 0.15) is 25.0 Å². The van der Waals surface area contributed by atoms with Gasteiger partial charge >= 0.3 is 6.03 Å². The van der Waals surface area contributed by atoms with Crippen molar-refractivity contribution in [2.24, 2.45) is 10.2 Å². The second kappa shape index (κ2) is 7.63. The van der Waals surface area contributed by atoms with Crippen molar-refractivity contribution in [3.63, 3.8) is 0 Å². The number of carbonyl (C=O) groups excluding carboxylic acids is 1. The molecule has 2 amide bonds. The monoisotopic (exact) mass is 296 g/mol. The van der Waals surface area contributed by atoms with Crippen molar-refractivity contribution < 1.29 is 4.79 Å². The molecule has 0 spiro atoms. The van der Waals surface area contributed by atoms with Crippen LogP contribution < -0.4 is 10.9 Å². The van der Waals surface area contributed by atoms with Crippen LogP contribution in [0.2, 0.25) is 0 Å². The Morgan fingerprint density at radius 1 is 0.818 bits per heavy atom. The van der Waals surface area contributed by atoms with Gasteiger partial charge in [0, 0.05) is 35.9 Å². The third kappa shape index (κ3) is 4.48. The summed E-state index contributed by atoms with van der Waals surface area (Å²) in [5, 5.41) is 7.99. The van der Waals surface area contributed by atoms with E-state index in [1.807, 2.05) is 24.3 Å². The number of hydrazone groups is 2. The minimum absolute atomic E-state index is 0.512. The van der Waals surface area contributed by atoms with Crippen molar-refractivity contribution in [3.05, 3.63) is 60.2 Å². The van der Waals surface area contributed by atoms with E-state index < -0.39 is 6.03 Å². The van der Waals surface area contributed by atoms with Crippen molar-refractivity contribution in [2.45, 2.75) is 13.8 Å². The maximum atomic E-state index is 11.7. The van der Waals surface area contributed by atoms with Gasteiger partial charge in [-0.25, -0.2) is 15.6 Å². The molecule has 0 aliphatic rings. The molecule has 0 fully saturated rings. The fourth-order valence-corrected chi connectivity index (χ4v) is 1.61. The molecule has 0 atom stereocenters. The molecule has 0 aliphatic heterocycles. The van der Waals surface area contributed by atoms with Crippen LogP contribution in [0.3, 0.4) is 0 Å². The minimum Gasteiger partial charge on any atom is -0.265 e. The van der Waals surface area contributed by atoms with E-state index in [1.165, 1.54) is 0 Å². The molecule has 0 bridgehead atoms. The van der Waals surface area contributed by atoms with E-state index in [2.05, 4.69) is 31.0 Å². The Balaban J connectivity index is 1.91. The van der Waals surface area contributed by atoms with Gasteiger partial charge in [0.1, 0.15) is 0 Å². The standard InChI is InChI=1S/C15H16N6O/c1-11(13-3-7-16-8-4-13)18-20-15(22)21-19-12(2)14-5-9-17-10-6-14/h3-10H,1-2H3,(H2,20,21,22)/b18-11+,19-12+. The molecular formula is C15H16N6O. The number of hydrogen-bond acceptors (Lipinski definition) is 5. The van der Waals surface area contributed by atoms with Gasteiger partial charge in [0.05, 0.1) is 11.4 Å². The third-order valence-electron chi connectivity index (χ3n) is 2.85. The lowest BCUT2D eigenvalue weighted by Crippen LogP contribution is -2.30. The van der Waals surface area contributed by atoms with Gasteiger partial charge in [-0.05, 0) is 38.1 Å². The molecule has 2 aromatic rings. The lowest BCUT2D eigenvalue weighted by atomic mass is 10.2. The van der Waals surface area contributed by atoms with Gasteiger partial charge in [0.25, 0.3) is 0 Å². The van der Waals surface area contributed by atoms with Crippen molar-refractivity contribution in [1.82, 2.24) is 20.8 Å². The Morgan fingerprint density at radius 3 is 1.55 bits per heavy atom. The molecule has 7 heteroatoms. The van der Waals surface area contributed by atoms with Crippen molar-refractivity contribution in [1.29, 1.82) is 0 Å². The average molecular weight is 296 g/mol. The highest BCUT2D eigenvalue weighted by Crippen LogP contribution is 1.99. The number of amides is 2. The summed E-state index contributed by atoms with van der Waals surface area (Å²) in [7, 11) is 0. The number of urea groups is 1. The number of rotatable bonds is 4. The Hall–Kier alpha value is -3.09. The zero-order valence-corrected chi connectivity index (χ0v) is 12.3. The Bertz CT molecular complexity index is 622. The van der Waals surface area contributed by atoms with E-state index in [0.717, 1.165) is 11.1 Å². The van der Waals surface area contributed by atoms with Crippen LogP contribution in [-0.4, -0.2) is 27.4 Å². The summed E-state index contributed by atoms with van der Waals surface area (Å²) >= 11 is 0. The van der Waals surface area contributed by atoms with Crippen LogP contribution >= 0.6 is 0 Å². The number of carbonyl (C=O) groups is 1. The molecule has 22 heavy (non-hydrogen) atoms. The molecule has 112 valence electrons. The quantitative estimate of drug-likeness (QED) is 0.667. The lowest BCUT2D eigenvalue weighted by Gasteiger charge is -2.03. The first-order valence-corrected chi connectivity index (χ1v) is 6.62. The van der Waals surface area contributed by atoms with E-state index >= 15 is 0 Å². The predicted molar refractivity (Wildman–Crippen MR) is 84.6 cm³/mol. The van der Waals surface area contributed by atoms with Gasteiger partial charge in [0.15, 0.2) is 0 Å². The molecule has 0 saturated carbocycles. The zero-order chi connectivity index (χ0) is 15.8. The fourth-order valence-electron chi connectivity index (χ4n) is 1.61. The molecule has 2 N–H and O–H groups in total. The summed E-state index contributed by atoms with van der Waals surface area (Å²) in [6.45, 7) is 3.59. The third-order valence-corrected chi connectivity index (χ3v) is 2.85. The molecular weight excluding hydrogens is 280 g/mol. The van der Waals surface area contributed by atoms with Gasteiger partial charge in [-0.15, -0.1) is 0 Å². The first kappa shape index (κ1) is 15.3. The van der Waals surface area contributed by atoms with Gasteiger partial charge in [0.2, 0.25) is 0 Å².